The van der Waals surface area contributed by atoms with Gasteiger partial charge in [0.2, 0.25) is 0 Å². The molecule has 4 fully saturated rings. The lowest BCUT2D eigenvalue weighted by atomic mass is 9.89. The van der Waals surface area contributed by atoms with Crippen molar-refractivity contribution in [3.63, 3.8) is 0 Å². The number of likely N-dealkylation sites (tertiary alicyclic amines) is 2. The molecular weight excluding hydrogens is 388 g/mol. The van der Waals surface area contributed by atoms with Gasteiger partial charge in [0.1, 0.15) is 0 Å². The van der Waals surface area contributed by atoms with Gasteiger partial charge in [0.15, 0.2) is 5.96 Å². The smallest absolute Gasteiger partial charge is 0.193 e. The number of rotatable bonds is 7. The molecule has 6 nitrogen and oxygen atoms in total. The Labute approximate surface area is 190 Å². The van der Waals surface area contributed by atoms with Crippen LogP contribution in [0.15, 0.2) is 4.99 Å². The Balaban J connectivity index is 1.15. The fraction of sp³-hybridized carbons (Fsp3) is 0.960. The predicted molar refractivity (Wildman–Crippen MR) is 127 cm³/mol. The van der Waals surface area contributed by atoms with Crippen molar-refractivity contribution in [1.29, 1.82) is 0 Å². The van der Waals surface area contributed by atoms with Gasteiger partial charge in [-0.25, -0.2) is 0 Å². The maximum Gasteiger partial charge on any atom is 0.193 e. The van der Waals surface area contributed by atoms with Gasteiger partial charge in [-0.2, -0.15) is 0 Å². The zero-order valence-corrected chi connectivity index (χ0v) is 19.9. The van der Waals surface area contributed by atoms with Crippen LogP contribution in [0.1, 0.15) is 77.0 Å². The molecule has 0 aromatic carbocycles. The maximum atomic E-state index is 6.19. The molecule has 2 unspecified atom stereocenters. The van der Waals surface area contributed by atoms with E-state index in [1.165, 1.54) is 70.9 Å². The van der Waals surface area contributed by atoms with E-state index in [2.05, 4.69) is 20.1 Å². The van der Waals surface area contributed by atoms with E-state index in [0.29, 0.717) is 18.2 Å². The van der Waals surface area contributed by atoms with E-state index in [1.54, 1.807) is 0 Å². The summed E-state index contributed by atoms with van der Waals surface area (Å²) in [5, 5.41) is 3.72. The summed E-state index contributed by atoms with van der Waals surface area (Å²) in [7, 11) is 1.93. The molecule has 3 heterocycles. The molecule has 178 valence electrons. The Morgan fingerprint density at radius 2 is 1.74 bits per heavy atom. The van der Waals surface area contributed by atoms with Gasteiger partial charge in [0.05, 0.1) is 18.8 Å². The van der Waals surface area contributed by atoms with E-state index >= 15 is 0 Å². The molecule has 6 heteroatoms. The molecule has 0 aromatic rings. The molecule has 1 saturated carbocycles. The molecule has 4 rings (SSSR count). The molecule has 31 heavy (non-hydrogen) atoms. The van der Waals surface area contributed by atoms with Crippen molar-refractivity contribution in [2.24, 2.45) is 10.9 Å². The van der Waals surface area contributed by atoms with Crippen molar-refractivity contribution in [3.8, 4) is 0 Å². The van der Waals surface area contributed by atoms with Crippen LogP contribution in [0.2, 0.25) is 0 Å². The summed E-state index contributed by atoms with van der Waals surface area (Å²) in [5.74, 6) is 2.02. The average molecular weight is 435 g/mol. The number of piperidine rings is 1. The fourth-order valence-electron chi connectivity index (χ4n) is 6.03. The van der Waals surface area contributed by atoms with Crippen LogP contribution >= 0.6 is 0 Å². The molecule has 0 spiro atoms. The van der Waals surface area contributed by atoms with Crippen LogP contribution in [-0.2, 0) is 9.47 Å². The first-order chi connectivity index (χ1) is 15.3. The molecule has 1 aliphatic carbocycles. The number of ether oxygens (including phenoxy) is 2. The van der Waals surface area contributed by atoms with Gasteiger partial charge in [-0.1, -0.05) is 19.3 Å². The lowest BCUT2D eigenvalue weighted by Crippen LogP contribution is -2.50. The van der Waals surface area contributed by atoms with Gasteiger partial charge in [0, 0.05) is 45.9 Å². The summed E-state index contributed by atoms with van der Waals surface area (Å²) in [6.07, 6.45) is 16.4. The highest BCUT2D eigenvalue weighted by atomic mass is 16.5. The largest absolute Gasteiger partial charge is 0.376 e. The summed E-state index contributed by atoms with van der Waals surface area (Å²) < 4.78 is 12.0. The van der Waals surface area contributed by atoms with Gasteiger partial charge in [-0.05, 0) is 70.3 Å². The third kappa shape index (κ3) is 7.06. The molecule has 0 amide bonds. The Morgan fingerprint density at radius 3 is 2.48 bits per heavy atom. The number of hydrogen-bond acceptors (Lipinski definition) is 4. The first-order valence-electron chi connectivity index (χ1n) is 13.2. The first-order valence-corrected chi connectivity index (χ1v) is 13.2. The van der Waals surface area contributed by atoms with Gasteiger partial charge < -0.3 is 19.7 Å². The van der Waals surface area contributed by atoms with Crippen LogP contribution in [-0.4, -0.2) is 87.0 Å². The van der Waals surface area contributed by atoms with E-state index < -0.39 is 0 Å². The van der Waals surface area contributed by atoms with E-state index in [4.69, 9.17) is 9.47 Å². The second-order valence-corrected chi connectivity index (χ2v) is 10.2. The predicted octanol–water partition coefficient (Wildman–Crippen LogP) is 3.66. The number of nitrogens with one attached hydrogen (secondary N) is 1. The van der Waals surface area contributed by atoms with Crippen molar-refractivity contribution >= 4 is 5.96 Å². The quantitative estimate of drug-likeness (QED) is 0.490. The van der Waals surface area contributed by atoms with Crippen molar-refractivity contribution in [2.45, 2.75) is 95.3 Å². The van der Waals surface area contributed by atoms with Gasteiger partial charge in [-0.15, -0.1) is 0 Å². The van der Waals surface area contributed by atoms with E-state index in [-0.39, 0.29) is 0 Å². The van der Waals surface area contributed by atoms with Crippen LogP contribution < -0.4 is 5.32 Å². The van der Waals surface area contributed by atoms with E-state index in [9.17, 15) is 0 Å². The van der Waals surface area contributed by atoms with Crippen LogP contribution in [0.5, 0.6) is 0 Å². The SMILES string of the molecule is CN=C(NCC1CCCN1CC1CCCCC1)N1CCC(OCC2CCCCO2)CC1. The zero-order valence-electron chi connectivity index (χ0n) is 19.9. The molecule has 0 bridgehead atoms. The minimum Gasteiger partial charge on any atom is -0.376 e. The first kappa shape index (κ1) is 23.3. The average Bonchev–Trinajstić information content (AvgIpc) is 3.27. The minimum absolute atomic E-state index is 0.323. The highest BCUT2D eigenvalue weighted by Gasteiger charge is 2.29. The Bertz CT molecular complexity index is 538. The second kappa shape index (κ2) is 12.4. The molecule has 0 aromatic heterocycles. The monoisotopic (exact) mass is 434 g/mol. The highest BCUT2D eigenvalue weighted by Crippen LogP contribution is 2.27. The lowest BCUT2D eigenvalue weighted by Gasteiger charge is -2.36. The Hall–Kier alpha value is -0.850. The minimum atomic E-state index is 0.323. The number of aliphatic imine (C=N–C) groups is 1. The topological polar surface area (TPSA) is 49.3 Å². The van der Waals surface area contributed by atoms with Gasteiger partial charge in [0.25, 0.3) is 0 Å². The summed E-state index contributed by atoms with van der Waals surface area (Å²) in [6, 6.07) is 0.676. The van der Waals surface area contributed by atoms with Crippen LogP contribution in [0.3, 0.4) is 0 Å². The Morgan fingerprint density at radius 1 is 0.935 bits per heavy atom. The molecule has 1 N–H and O–H groups in total. The van der Waals surface area contributed by atoms with Crippen molar-refractivity contribution in [2.75, 3.05) is 53.0 Å². The van der Waals surface area contributed by atoms with Gasteiger partial charge in [-0.3, -0.25) is 9.89 Å². The molecule has 0 radical (unpaired) electrons. The lowest BCUT2D eigenvalue weighted by molar-refractivity contribution is -0.0721. The molecule has 4 aliphatic rings. The fourth-order valence-corrected chi connectivity index (χ4v) is 6.03. The van der Waals surface area contributed by atoms with Crippen LogP contribution in [0.25, 0.3) is 0 Å². The number of nitrogens with zero attached hydrogens (tertiary/aromatic N) is 3. The third-order valence-corrected chi connectivity index (χ3v) is 7.96. The van der Waals surface area contributed by atoms with E-state index in [0.717, 1.165) is 64.0 Å². The molecular formula is C25H46N4O2. The van der Waals surface area contributed by atoms with Crippen molar-refractivity contribution < 1.29 is 9.47 Å². The third-order valence-electron chi connectivity index (χ3n) is 7.96. The zero-order chi connectivity index (χ0) is 21.3. The summed E-state index contributed by atoms with van der Waals surface area (Å²) in [5.41, 5.74) is 0. The standard InChI is InChI=1S/C25H46N4O2/c1-26-25(27-18-22-10-7-14-29(22)19-21-8-3-2-4-9-21)28-15-12-23(13-16-28)31-20-24-11-5-6-17-30-24/h21-24H,2-20H2,1H3,(H,26,27). The van der Waals surface area contributed by atoms with Crippen molar-refractivity contribution in [3.05, 3.63) is 0 Å². The van der Waals surface area contributed by atoms with E-state index in [1.807, 2.05) is 7.05 Å². The summed E-state index contributed by atoms with van der Waals surface area (Å²) >= 11 is 0. The number of hydrogen-bond donors (Lipinski definition) is 1. The summed E-state index contributed by atoms with van der Waals surface area (Å²) in [6.45, 7) is 7.39. The maximum absolute atomic E-state index is 6.19. The van der Waals surface area contributed by atoms with Gasteiger partial charge >= 0.3 is 0 Å². The normalized spacial score (nSPS) is 30.1. The summed E-state index contributed by atoms with van der Waals surface area (Å²) in [4.78, 5) is 9.81. The van der Waals surface area contributed by atoms with Crippen LogP contribution in [0, 0.1) is 5.92 Å². The van der Waals surface area contributed by atoms with Crippen molar-refractivity contribution in [1.82, 2.24) is 15.1 Å². The Kier molecular flexibility index (Phi) is 9.33. The molecule has 3 saturated heterocycles. The number of guanidine groups is 1. The second-order valence-electron chi connectivity index (χ2n) is 10.2. The molecule has 2 atom stereocenters. The molecule has 3 aliphatic heterocycles. The van der Waals surface area contributed by atoms with Crippen LogP contribution in [0.4, 0.5) is 0 Å². The highest BCUT2D eigenvalue weighted by molar-refractivity contribution is 5.80.